The third-order valence-electron chi connectivity index (χ3n) is 3.76. The fraction of sp³-hybridized carbons (Fsp3) is 0.947. The second kappa shape index (κ2) is 22.9. The van der Waals surface area contributed by atoms with Crippen LogP contribution < -0.4 is 5.11 Å². The lowest BCUT2D eigenvalue weighted by Crippen LogP contribution is -2.24. The smallest absolute Gasteiger partial charge is 0.0822 e. The van der Waals surface area contributed by atoms with E-state index in [2.05, 4.69) is 20.3 Å². The number of carboxylic acids is 1. The molecule has 0 aliphatic heterocycles. The van der Waals surface area contributed by atoms with Crippen LogP contribution >= 0.6 is 7.26 Å². The van der Waals surface area contributed by atoms with E-state index >= 15 is 0 Å². The van der Waals surface area contributed by atoms with Gasteiger partial charge in [-0.1, -0.05) is 0 Å². The zero-order valence-corrected chi connectivity index (χ0v) is 19.3. The average Bonchev–Trinajstić information content (AvgIpc) is 2.66. The van der Waals surface area contributed by atoms with Crippen molar-refractivity contribution < 1.29 is 38.3 Å². The molecule has 0 aromatic rings. The van der Waals surface area contributed by atoms with E-state index in [-0.39, 0.29) is 13.0 Å². The van der Waals surface area contributed by atoms with E-state index in [1.165, 1.54) is 12.3 Å². The Kier molecular flexibility index (Phi) is 24.5. The average molecular weight is 429 g/mol. The normalized spacial score (nSPS) is 11.2. The van der Waals surface area contributed by atoms with Gasteiger partial charge in [0.25, 0.3) is 0 Å². The molecule has 0 aromatic heterocycles. The molecule has 0 heterocycles. The van der Waals surface area contributed by atoms with Gasteiger partial charge in [-0.2, -0.15) is 0 Å². The first-order valence-corrected chi connectivity index (χ1v) is 12.8. The summed E-state index contributed by atoms with van der Waals surface area (Å²) in [5.41, 5.74) is 0. The number of ether oxygens (including phenoxy) is 6. The highest BCUT2D eigenvalue weighted by atomic mass is 31.2. The first kappa shape index (κ1) is 29.9. The van der Waals surface area contributed by atoms with Gasteiger partial charge in [0, 0.05) is 47.2 Å². The molecule has 9 heteroatoms. The van der Waals surface area contributed by atoms with E-state index in [0.29, 0.717) is 46.2 Å². The number of aliphatic carboxylic acids is 1. The van der Waals surface area contributed by atoms with Crippen LogP contribution in [0.4, 0.5) is 0 Å². The lowest BCUT2D eigenvalue weighted by Gasteiger charge is -2.15. The van der Waals surface area contributed by atoms with E-state index in [1.807, 2.05) is 0 Å². The van der Waals surface area contributed by atoms with Crippen LogP contribution in [0.25, 0.3) is 0 Å². The van der Waals surface area contributed by atoms with Crippen LogP contribution in [0.1, 0.15) is 13.3 Å². The summed E-state index contributed by atoms with van der Waals surface area (Å²) in [4.78, 5) is 10.0. The van der Waals surface area contributed by atoms with Crippen molar-refractivity contribution >= 4 is 13.2 Å². The van der Waals surface area contributed by atoms with Crippen molar-refractivity contribution in [3.8, 4) is 0 Å². The molecule has 0 atom stereocenters. The number of methoxy groups -OCH3 is 2. The Morgan fingerprint density at radius 2 is 1.11 bits per heavy atom. The van der Waals surface area contributed by atoms with Gasteiger partial charge in [-0.3, -0.25) is 0 Å². The Morgan fingerprint density at radius 3 is 1.50 bits per heavy atom. The van der Waals surface area contributed by atoms with Gasteiger partial charge >= 0.3 is 0 Å². The van der Waals surface area contributed by atoms with Crippen LogP contribution in [-0.2, 0) is 33.2 Å². The predicted octanol–water partition coefficient (Wildman–Crippen LogP) is 0.769. The van der Waals surface area contributed by atoms with Gasteiger partial charge in [0.05, 0.1) is 78.4 Å². The van der Waals surface area contributed by atoms with Gasteiger partial charge in [-0.25, -0.2) is 0 Å². The van der Waals surface area contributed by atoms with Gasteiger partial charge in [0.2, 0.25) is 0 Å². The van der Waals surface area contributed by atoms with Crippen LogP contribution in [0.2, 0.25) is 0 Å². The van der Waals surface area contributed by atoms with Crippen LogP contribution in [0.5, 0.6) is 0 Å². The summed E-state index contributed by atoms with van der Waals surface area (Å²) in [5, 5.41) is 10.0. The molecule has 170 valence electrons. The number of carbonyl (C=O) groups excluding carboxylic acids is 1. The highest BCUT2D eigenvalue weighted by Crippen LogP contribution is 2.49. The summed E-state index contributed by atoms with van der Waals surface area (Å²) in [5.74, 6) is -1.10. The molecule has 0 bridgehead atoms. The summed E-state index contributed by atoms with van der Waals surface area (Å²) in [6.45, 7) is 12.5. The maximum absolute atomic E-state index is 10.0. The zero-order chi connectivity index (χ0) is 21.5. The molecule has 8 nitrogen and oxygen atoms in total. The van der Waals surface area contributed by atoms with Crippen molar-refractivity contribution in [2.75, 3.05) is 106 Å². The second-order valence-corrected chi connectivity index (χ2v) is 11.5. The summed E-state index contributed by atoms with van der Waals surface area (Å²) in [7, 11) is 2.68. The molecule has 28 heavy (non-hydrogen) atoms. The van der Waals surface area contributed by atoms with Gasteiger partial charge in [-0.05, 0) is 6.92 Å². The van der Waals surface area contributed by atoms with E-state index in [9.17, 15) is 9.90 Å². The van der Waals surface area contributed by atoms with Crippen molar-refractivity contribution in [2.45, 2.75) is 13.3 Å². The second-order valence-electron chi connectivity index (χ2n) is 6.53. The summed E-state index contributed by atoms with van der Waals surface area (Å²) in [6.07, 6.45) is 2.48. The molecule has 0 aliphatic rings. The monoisotopic (exact) mass is 428 g/mol. The molecular weight excluding hydrogens is 387 g/mol. The quantitative estimate of drug-likeness (QED) is 0.220. The molecule has 0 amide bonds. The first-order chi connectivity index (χ1) is 13.4. The minimum absolute atomic E-state index is 0.0832. The molecule has 0 saturated carbocycles. The van der Waals surface area contributed by atoms with E-state index in [0.717, 1.165) is 13.2 Å². The molecule has 0 aromatic carbocycles. The summed E-state index contributed by atoms with van der Waals surface area (Å²) >= 11 is 0. The Labute approximate surface area is 171 Å². The van der Waals surface area contributed by atoms with Crippen molar-refractivity contribution in [1.82, 2.24) is 0 Å². The molecule has 0 unspecified atom stereocenters. The largest absolute Gasteiger partial charge is 0.550 e. The number of rotatable bonds is 19. The van der Waals surface area contributed by atoms with E-state index < -0.39 is 13.2 Å². The number of hydrogen-bond donors (Lipinski definition) is 0. The summed E-state index contributed by atoms with van der Waals surface area (Å²) < 4.78 is 30.4. The van der Waals surface area contributed by atoms with Crippen molar-refractivity contribution in [2.24, 2.45) is 0 Å². The third-order valence-corrected chi connectivity index (χ3v) is 6.86. The van der Waals surface area contributed by atoms with Gasteiger partial charge in [0.15, 0.2) is 0 Å². The highest BCUT2D eigenvalue weighted by Gasteiger charge is 2.20. The molecule has 0 radical (unpaired) electrons. The van der Waals surface area contributed by atoms with Gasteiger partial charge < -0.3 is 38.3 Å². The van der Waals surface area contributed by atoms with Crippen LogP contribution in [0, 0.1) is 0 Å². The minimum Gasteiger partial charge on any atom is -0.550 e. The number of carbonyl (C=O) groups is 1. The Balaban J connectivity index is 0. The lowest BCUT2D eigenvalue weighted by molar-refractivity contribution is -0.306. The predicted molar refractivity (Wildman–Crippen MR) is 111 cm³/mol. The van der Waals surface area contributed by atoms with Crippen LogP contribution in [0.3, 0.4) is 0 Å². The Bertz CT molecular complexity index is 329. The fourth-order valence-corrected chi connectivity index (χ4v) is 2.49. The first-order valence-electron chi connectivity index (χ1n) is 9.70. The van der Waals surface area contributed by atoms with Crippen LogP contribution in [0.15, 0.2) is 0 Å². The molecule has 0 aliphatic carbocycles. The van der Waals surface area contributed by atoms with Gasteiger partial charge in [0.1, 0.15) is 0 Å². The summed E-state index contributed by atoms with van der Waals surface area (Å²) in [6, 6.07) is 0. The highest BCUT2D eigenvalue weighted by molar-refractivity contribution is 7.74. The molecule has 0 rings (SSSR count). The third kappa shape index (κ3) is 27.9. The maximum Gasteiger partial charge on any atom is 0.0822 e. The van der Waals surface area contributed by atoms with E-state index in [1.54, 1.807) is 14.2 Å². The lowest BCUT2D eigenvalue weighted by atomic mass is 10.5. The van der Waals surface area contributed by atoms with Crippen LogP contribution in [-0.4, -0.2) is 112 Å². The SMILES string of the molecule is CC[P+](C)(C)CCOCCOC.COCCOCCOCCOCCC(=O)[O-]. The maximum atomic E-state index is 10.0. The standard InChI is InChI=1S/C10H20O6.C9H22O2P/c1-13-4-5-15-8-9-16-7-6-14-3-2-10(11)12;1-5-12(3,4)9-8-11-7-6-10-2/h2-9H2,1H3,(H,11,12);5-9H2,1-4H3/q;+1/p-1. The number of carboxylic acid groups (broad SMARTS) is 1. The van der Waals surface area contributed by atoms with Crippen molar-refractivity contribution in [3.05, 3.63) is 0 Å². The fourth-order valence-electron chi connectivity index (χ4n) is 1.55. The van der Waals surface area contributed by atoms with E-state index in [4.69, 9.17) is 28.4 Å². The minimum atomic E-state index is -1.10. The molecule has 0 spiro atoms. The molecular formula is C19H41O8P. The zero-order valence-electron chi connectivity index (χ0n) is 18.4. The molecule has 0 N–H and O–H groups in total. The van der Waals surface area contributed by atoms with Crippen molar-refractivity contribution in [1.29, 1.82) is 0 Å². The van der Waals surface area contributed by atoms with Crippen molar-refractivity contribution in [3.63, 3.8) is 0 Å². The topological polar surface area (TPSA) is 95.5 Å². The molecule has 0 saturated heterocycles. The molecule has 0 fully saturated rings. The van der Waals surface area contributed by atoms with Gasteiger partial charge in [-0.15, -0.1) is 0 Å². The number of hydrogen-bond acceptors (Lipinski definition) is 8. The Morgan fingerprint density at radius 1 is 0.714 bits per heavy atom. The Hall–Kier alpha value is -0.340.